The minimum atomic E-state index is -0.638. The minimum Gasteiger partial charge on any atom is -0.488 e. The van der Waals surface area contributed by atoms with Gasteiger partial charge in [-0.25, -0.2) is 0 Å². The summed E-state index contributed by atoms with van der Waals surface area (Å²) in [5.41, 5.74) is 0. The van der Waals surface area contributed by atoms with Gasteiger partial charge in [-0.3, -0.25) is 0 Å². The molecule has 0 bridgehead atoms. The molecule has 1 unspecified atom stereocenters. The van der Waals surface area contributed by atoms with Crippen molar-refractivity contribution in [1.29, 1.82) is 0 Å². The largest absolute Gasteiger partial charge is 0.488 e. The predicted octanol–water partition coefficient (Wildman–Crippen LogP) is 4.35. The van der Waals surface area contributed by atoms with E-state index < -0.39 is 6.10 Å². The van der Waals surface area contributed by atoms with E-state index in [1.165, 1.54) is 4.88 Å². The van der Waals surface area contributed by atoms with Gasteiger partial charge in [-0.05, 0) is 40.2 Å². The third kappa shape index (κ3) is 5.43. The summed E-state index contributed by atoms with van der Waals surface area (Å²) < 4.78 is 6.57. The Labute approximate surface area is 146 Å². The molecule has 7 heteroatoms. The van der Waals surface area contributed by atoms with E-state index in [4.69, 9.17) is 27.9 Å². The monoisotopic (exact) mass is 409 g/mol. The molecule has 0 saturated carbocycles. The summed E-state index contributed by atoms with van der Waals surface area (Å²) in [6, 6.07) is 9.17. The number of halogens is 3. The fourth-order valence-corrected chi connectivity index (χ4v) is 3.63. The lowest BCUT2D eigenvalue weighted by atomic mass is 10.3. The summed E-state index contributed by atoms with van der Waals surface area (Å²) in [6.07, 6.45) is -0.638. The number of aliphatic hydroxyl groups is 1. The van der Waals surface area contributed by atoms with Gasteiger partial charge in [0.05, 0.1) is 13.8 Å². The van der Waals surface area contributed by atoms with Crippen molar-refractivity contribution >= 4 is 50.5 Å². The van der Waals surface area contributed by atoms with Crippen LogP contribution in [0.5, 0.6) is 5.75 Å². The molecule has 1 atom stereocenters. The topological polar surface area (TPSA) is 41.5 Å². The molecular formula is C14H14BrCl2NO2S. The van der Waals surface area contributed by atoms with Crippen molar-refractivity contribution in [1.82, 2.24) is 5.32 Å². The molecule has 1 aromatic carbocycles. The lowest BCUT2D eigenvalue weighted by molar-refractivity contribution is 0.106. The summed E-state index contributed by atoms with van der Waals surface area (Å²) in [6.45, 7) is 1.27. The van der Waals surface area contributed by atoms with E-state index in [9.17, 15) is 5.11 Å². The summed E-state index contributed by atoms with van der Waals surface area (Å²) in [4.78, 5) is 1.20. The molecule has 2 aromatic rings. The fourth-order valence-electron chi connectivity index (χ4n) is 1.67. The van der Waals surface area contributed by atoms with Gasteiger partial charge in [0.15, 0.2) is 5.75 Å². The maximum atomic E-state index is 9.90. The van der Waals surface area contributed by atoms with Gasteiger partial charge in [0, 0.05) is 18.0 Å². The maximum absolute atomic E-state index is 9.90. The van der Waals surface area contributed by atoms with Gasteiger partial charge in [-0.1, -0.05) is 29.3 Å². The molecule has 2 rings (SSSR count). The number of ether oxygens (including phenoxy) is 1. The number of hydrogen-bond donors (Lipinski definition) is 2. The van der Waals surface area contributed by atoms with Crippen LogP contribution in [0.2, 0.25) is 10.0 Å². The Bertz CT molecular complexity index is 574. The SMILES string of the molecule is OC(CNCc1ccc(Br)s1)COc1c(Cl)cccc1Cl. The maximum Gasteiger partial charge on any atom is 0.156 e. The average Bonchev–Trinajstić information content (AvgIpc) is 2.84. The van der Waals surface area contributed by atoms with Gasteiger partial charge in [0.1, 0.15) is 12.7 Å². The van der Waals surface area contributed by atoms with Gasteiger partial charge < -0.3 is 15.2 Å². The average molecular weight is 411 g/mol. The molecule has 1 heterocycles. The zero-order valence-electron chi connectivity index (χ0n) is 11.0. The first-order chi connectivity index (χ1) is 10.1. The number of benzene rings is 1. The first-order valence-corrected chi connectivity index (χ1v) is 8.62. The Morgan fingerprint density at radius 3 is 2.57 bits per heavy atom. The second-order valence-corrected chi connectivity index (χ2v) is 7.71. The third-order valence-electron chi connectivity index (χ3n) is 2.65. The van der Waals surface area contributed by atoms with Crippen molar-refractivity contribution in [2.75, 3.05) is 13.2 Å². The normalized spacial score (nSPS) is 12.4. The molecule has 114 valence electrons. The standard InChI is InChI=1S/C14H14BrCl2NO2S/c15-13-5-4-10(21-13)7-18-6-9(19)8-20-14-11(16)2-1-3-12(14)17/h1-5,9,18-19H,6-8H2. The molecule has 21 heavy (non-hydrogen) atoms. The molecule has 0 aliphatic carbocycles. The summed E-state index contributed by atoms with van der Waals surface area (Å²) in [7, 11) is 0. The molecule has 0 aliphatic heterocycles. The van der Waals surface area contributed by atoms with Crippen LogP contribution in [0.15, 0.2) is 34.1 Å². The van der Waals surface area contributed by atoms with E-state index in [0.717, 1.165) is 3.79 Å². The van der Waals surface area contributed by atoms with Crippen LogP contribution in [0.1, 0.15) is 4.88 Å². The quantitative estimate of drug-likeness (QED) is 0.712. The molecule has 3 nitrogen and oxygen atoms in total. The van der Waals surface area contributed by atoms with E-state index >= 15 is 0 Å². The zero-order chi connectivity index (χ0) is 15.2. The Morgan fingerprint density at radius 2 is 1.95 bits per heavy atom. The van der Waals surface area contributed by atoms with Crippen molar-refractivity contribution in [3.63, 3.8) is 0 Å². The summed E-state index contributed by atoms with van der Waals surface area (Å²) >= 11 is 17.1. The molecule has 0 radical (unpaired) electrons. The number of rotatable bonds is 7. The number of para-hydroxylation sites is 1. The van der Waals surface area contributed by atoms with E-state index in [1.54, 1.807) is 29.5 Å². The van der Waals surface area contributed by atoms with Crippen LogP contribution in [-0.2, 0) is 6.54 Å². The predicted molar refractivity (Wildman–Crippen MR) is 91.7 cm³/mol. The van der Waals surface area contributed by atoms with Gasteiger partial charge in [-0.15, -0.1) is 11.3 Å². The lowest BCUT2D eigenvalue weighted by Gasteiger charge is -2.14. The first-order valence-electron chi connectivity index (χ1n) is 6.26. The highest BCUT2D eigenvalue weighted by Gasteiger charge is 2.10. The molecular weight excluding hydrogens is 397 g/mol. The van der Waals surface area contributed by atoms with Crippen LogP contribution in [0.4, 0.5) is 0 Å². The van der Waals surface area contributed by atoms with Crippen LogP contribution >= 0.6 is 50.5 Å². The lowest BCUT2D eigenvalue weighted by Crippen LogP contribution is -2.31. The molecule has 0 saturated heterocycles. The zero-order valence-corrected chi connectivity index (χ0v) is 14.9. The fraction of sp³-hybridized carbons (Fsp3) is 0.286. The highest BCUT2D eigenvalue weighted by molar-refractivity contribution is 9.11. The third-order valence-corrected chi connectivity index (χ3v) is 4.87. The Morgan fingerprint density at radius 1 is 1.24 bits per heavy atom. The minimum absolute atomic E-state index is 0.130. The number of thiophene rings is 1. The van der Waals surface area contributed by atoms with Crippen molar-refractivity contribution in [2.45, 2.75) is 12.6 Å². The highest BCUT2D eigenvalue weighted by Crippen LogP contribution is 2.32. The van der Waals surface area contributed by atoms with E-state index in [-0.39, 0.29) is 6.61 Å². The molecule has 2 N–H and O–H groups in total. The van der Waals surface area contributed by atoms with Gasteiger partial charge in [0.25, 0.3) is 0 Å². The number of nitrogens with one attached hydrogen (secondary N) is 1. The van der Waals surface area contributed by atoms with Crippen LogP contribution in [0.25, 0.3) is 0 Å². The van der Waals surface area contributed by atoms with Crippen LogP contribution in [-0.4, -0.2) is 24.4 Å². The first kappa shape index (κ1) is 17.1. The van der Waals surface area contributed by atoms with E-state index in [1.807, 2.05) is 12.1 Å². The van der Waals surface area contributed by atoms with Gasteiger partial charge in [-0.2, -0.15) is 0 Å². The molecule has 0 amide bonds. The molecule has 0 fully saturated rings. The van der Waals surface area contributed by atoms with Crippen molar-refractivity contribution in [3.8, 4) is 5.75 Å². The molecule has 0 spiro atoms. The van der Waals surface area contributed by atoms with Gasteiger partial charge >= 0.3 is 0 Å². The summed E-state index contributed by atoms with van der Waals surface area (Å²) in [5.74, 6) is 0.405. The second kappa shape index (κ2) is 8.36. The van der Waals surface area contributed by atoms with Crippen LogP contribution in [0.3, 0.4) is 0 Å². The van der Waals surface area contributed by atoms with Crippen molar-refractivity contribution in [2.24, 2.45) is 0 Å². The Hall–Kier alpha value is -0.300. The Balaban J connectivity index is 1.73. The Kier molecular flexibility index (Phi) is 6.79. The van der Waals surface area contributed by atoms with E-state index in [0.29, 0.717) is 28.9 Å². The summed E-state index contributed by atoms with van der Waals surface area (Å²) in [5, 5.41) is 13.9. The number of aliphatic hydroxyl groups excluding tert-OH is 1. The van der Waals surface area contributed by atoms with Gasteiger partial charge in [0.2, 0.25) is 0 Å². The van der Waals surface area contributed by atoms with E-state index in [2.05, 4.69) is 21.2 Å². The second-order valence-electron chi connectivity index (χ2n) is 4.35. The van der Waals surface area contributed by atoms with Crippen LogP contribution in [0, 0.1) is 0 Å². The van der Waals surface area contributed by atoms with Crippen molar-refractivity contribution < 1.29 is 9.84 Å². The molecule has 1 aromatic heterocycles. The number of hydrogen-bond acceptors (Lipinski definition) is 4. The highest BCUT2D eigenvalue weighted by atomic mass is 79.9. The smallest absolute Gasteiger partial charge is 0.156 e. The van der Waals surface area contributed by atoms with Crippen molar-refractivity contribution in [3.05, 3.63) is 49.0 Å². The van der Waals surface area contributed by atoms with Crippen LogP contribution < -0.4 is 10.1 Å². The molecule has 0 aliphatic rings.